The van der Waals surface area contributed by atoms with Crippen LogP contribution in [0.1, 0.15) is 33.6 Å². The first-order chi connectivity index (χ1) is 23.8. The smallest absolute Gasteiger partial charge is 0.155 e. The quantitative estimate of drug-likeness (QED) is 0.193. The zero-order chi connectivity index (χ0) is 31.6. The molecule has 0 saturated heterocycles. The van der Waals surface area contributed by atoms with Crippen molar-refractivity contribution < 1.29 is 0 Å². The average molecular weight is 628 g/mol. The van der Waals surface area contributed by atoms with E-state index in [2.05, 4.69) is 117 Å². The molecule has 0 bridgehead atoms. The Morgan fingerprint density at radius 3 is 1.67 bits per heavy atom. The third kappa shape index (κ3) is 4.30. The van der Waals surface area contributed by atoms with Crippen LogP contribution in [0, 0.1) is 0 Å². The van der Waals surface area contributed by atoms with Gasteiger partial charge in [0, 0.05) is 72.2 Å². The number of benzene rings is 3. The van der Waals surface area contributed by atoms with Crippen LogP contribution in [0.3, 0.4) is 0 Å². The van der Waals surface area contributed by atoms with Crippen molar-refractivity contribution in [2.24, 2.45) is 0 Å². The maximum absolute atomic E-state index is 4.46. The second-order valence-electron chi connectivity index (χ2n) is 13.2. The molecule has 9 heterocycles. The summed E-state index contributed by atoms with van der Waals surface area (Å²) in [7, 11) is 0. The van der Waals surface area contributed by atoms with E-state index < -0.39 is 0 Å². The van der Waals surface area contributed by atoms with E-state index in [1.165, 1.54) is 50.7 Å². The van der Waals surface area contributed by atoms with Crippen LogP contribution in [0.25, 0.3) is 0 Å². The summed E-state index contributed by atoms with van der Waals surface area (Å²) in [6.07, 6.45) is 17.3. The van der Waals surface area contributed by atoms with Crippen LogP contribution in [0.15, 0.2) is 110 Å². The fourth-order valence-corrected chi connectivity index (χ4v) is 8.60. The van der Waals surface area contributed by atoms with Gasteiger partial charge >= 0.3 is 0 Å². The van der Waals surface area contributed by atoms with E-state index in [9.17, 15) is 0 Å². The number of rotatable bonds is 0. The highest BCUT2D eigenvalue weighted by atomic mass is 15.3. The number of nitrogens with zero attached hydrogens (tertiary/aromatic N) is 9. The molecule has 48 heavy (non-hydrogen) atoms. The molecule has 0 spiro atoms. The third-order valence-electron chi connectivity index (χ3n) is 10.5. The number of hydrogen-bond donors (Lipinski definition) is 0. The lowest BCUT2D eigenvalue weighted by Gasteiger charge is -2.19. The highest BCUT2D eigenvalue weighted by Gasteiger charge is 2.40. The van der Waals surface area contributed by atoms with Gasteiger partial charge in [0.25, 0.3) is 0 Å². The molecule has 0 radical (unpaired) electrons. The minimum Gasteiger partial charge on any atom is -0.335 e. The Bertz CT molecular complexity index is 1790. The van der Waals surface area contributed by atoms with Crippen molar-refractivity contribution in [1.82, 2.24) is 29.9 Å². The Balaban J connectivity index is 0.0000000923. The summed E-state index contributed by atoms with van der Waals surface area (Å²) in [4.78, 5) is 33.0. The summed E-state index contributed by atoms with van der Waals surface area (Å²) in [6.45, 7) is 0. The van der Waals surface area contributed by atoms with Gasteiger partial charge in [0.15, 0.2) is 5.82 Å². The van der Waals surface area contributed by atoms with E-state index in [1.807, 2.05) is 12.4 Å². The Morgan fingerprint density at radius 2 is 0.938 bits per heavy atom. The van der Waals surface area contributed by atoms with Crippen LogP contribution in [-0.2, 0) is 38.5 Å². The molecule has 3 aromatic heterocycles. The standard InChI is InChI=1S/3C13H11N3/c1-2-4-12-9(3-1)5-11-6-10-7-14-8-15-13(10)16(11)12;1-2-4-12-9(3-1)5-10-6-11-13(16(10)12)7-14-8-15-11;1-2-4-12-9(3-1)7-10-8-11-13(16(10)12)15-6-5-14-11/h1-4,7-8,11H,5-6H2;1-4,7-8,10H,5-6H2;1-6,10H,7-8H2. The second kappa shape index (κ2) is 10.9. The van der Waals surface area contributed by atoms with Gasteiger partial charge in [0.05, 0.1) is 23.3 Å². The van der Waals surface area contributed by atoms with Crippen LogP contribution >= 0.6 is 0 Å². The van der Waals surface area contributed by atoms with E-state index in [4.69, 9.17) is 0 Å². The third-order valence-corrected chi connectivity index (χ3v) is 10.5. The molecule has 3 unspecified atom stereocenters. The summed E-state index contributed by atoms with van der Waals surface area (Å²) in [6, 6.07) is 27.5. The molecule has 3 aromatic carbocycles. The molecular formula is C39H33N9. The molecule has 9 nitrogen and oxygen atoms in total. The predicted octanol–water partition coefficient (Wildman–Crippen LogP) is 6.29. The van der Waals surface area contributed by atoms with Crippen molar-refractivity contribution in [1.29, 1.82) is 0 Å². The molecule has 234 valence electrons. The Labute approximate surface area is 279 Å². The van der Waals surface area contributed by atoms with Crippen LogP contribution in [0.4, 0.5) is 34.4 Å². The second-order valence-corrected chi connectivity index (χ2v) is 13.2. The summed E-state index contributed by atoms with van der Waals surface area (Å²) in [5.41, 5.74) is 13.1. The first-order valence-electron chi connectivity index (χ1n) is 16.8. The van der Waals surface area contributed by atoms with E-state index >= 15 is 0 Å². The summed E-state index contributed by atoms with van der Waals surface area (Å²) >= 11 is 0. The summed E-state index contributed by atoms with van der Waals surface area (Å²) < 4.78 is 0. The van der Waals surface area contributed by atoms with E-state index in [-0.39, 0.29) is 0 Å². The van der Waals surface area contributed by atoms with Gasteiger partial charge in [-0.3, -0.25) is 4.98 Å². The van der Waals surface area contributed by atoms with Crippen LogP contribution < -0.4 is 14.7 Å². The van der Waals surface area contributed by atoms with E-state index in [0.29, 0.717) is 18.1 Å². The number of aromatic nitrogens is 6. The zero-order valence-corrected chi connectivity index (χ0v) is 26.4. The van der Waals surface area contributed by atoms with Gasteiger partial charge in [0.2, 0.25) is 0 Å². The molecule has 9 heteroatoms. The first kappa shape index (κ1) is 27.4. The van der Waals surface area contributed by atoms with Gasteiger partial charge in [-0.2, -0.15) is 0 Å². The predicted molar refractivity (Wildman–Crippen MR) is 185 cm³/mol. The van der Waals surface area contributed by atoms with Gasteiger partial charge in [-0.25, -0.2) is 24.9 Å². The fourth-order valence-electron chi connectivity index (χ4n) is 8.60. The lowest BCUT2D eigenvalue weighted by molar-refractivity contribution is 0.717. The maximum Gasteiger partial charge on any atom is 0.155 e. The number of anilines is 6. The van der Waals surface area contributed by atoms with Gasteiger partial charge in [0.1, 0.15) is 18.5 Å². The molecule has 6 aromatic rings. The molecular weight excluding hydrogens is 594 g/mol. The van der Waals surface area contributed by atoms with Crippen molar-refractivity contribution in [2.75, 3.05) is 14.7 Å². The number of hydrogen-bond acceptors (Lipinski definition) is 9. The first-order valence-corrected chi connectivity index (χ1v) is 16.8. The van der Waals surface area contributed by atoms with Gasteiger partial charge < -0.3 is 14.7 Å². The van der Waals surface area contributed by atoms with Crippen molar-refractivity contribution in [3.63, 3.8) is 0 Å². The molecule has 3 atom stereocenters. The monoisotopic (exact) mass is 627 g/mol. The van der Waals surface area contributed by atoms with Crippen molar-refractivity contribution in [2.45, 2.75) is 56.7 Å². The lowest BCUT2D eigenvalue weighted by Crippen LogP contribution is -2.22. The van der Waals surface area contributed by atoms with Crippen molar-refractivity contribution in [3.05, 3.63) is 144 Å². The van der Waals surface area contributed by atoms with Gasteiger partial charge in [-0.1, -0.05) is 54.6 Å². The zero-order valence-electron chi connectivity index (χ0n) is 26.4. The highest BCUT2D eigenvalue weighted by molar-refractivity contribution is 5.76. The molecule has 0 saturated carbocycles. The summed E-state index contributed by atoms with van der Waals surface area (Å²) in [5, 5.41) is 0. The van der Waals surface area contributed by atoms with Crippen LogP contribution in [-0.4, -0.2) is 48.0 Å². The molecule has 0 fully saturated rings. The van der Waals surface area contributed by atoms with Gasteiger partial charge in [-0.15, -0.1) is 0 Å². The fraction of sp³-hybridized carbons (Fsp3) is 0.231. The summed E-state index contributed by atoms with van der Waals surface area (Å²) in [5.74, 6) is 2.16. The van der Waals surface area contributed by atoms with E-state index in [1.54, 1.807) is 25.0 Å². The van der Waals surface area contributed by atoms with Crippen LogP contribution in [0.5, 0.6) is 0 Å². The normalized spacial score (nSPS) is 20.5. The maximum atomic E-state index is 4.46. The minimum absolute atomic E-state index is 0.537. The van der Waals surface area contributed by atoms with Crippen molar-refractivity contribution in [3.8, 4) is 0 Å². The molecule has 0 aliphatic carbocycles. The molecule has 0 amide bonds. The average Bonchev–Trinajstić information content (AvgIpc) is 3.96. The molecule has 6 aliphatic rings. The molecule has 6 aliphatic heterocycles. The van der Waals surface area contributed by atoms with Gasteiger partial charge in [-0.05, 0) is 60.6 Å². The largest absolute Gasteiger partial charge is 0.335 e. The Morgan fingerprint density at radius 1 is 0.417 bits per heavy atom. The minimum atomic E-state index is 0.537. The topological polar surface area (TPSA) is 87.1 Å². The lowest BCUT2D eigenvalue weighted by atomic mass is 10.1. The number of fused-ring (bicyclic) bond motifs is 15. The highest BCUT2D eigenvalue weighted by Crippen LogP contribution is 2.46. The molecule has 12 rings (SSSR count). The molecule has 0 N–H and O–H groups in total. The SMILES string of the molecule is c1ccc2c(c1)CC1Cc3cncnc3N21.c1ccc2c(c1)CC1Cc3nccnc3N21.c1ccc2c(c1)CC1Cc3ncncc3N21. The Kier molecular flexibility index (Phi) is 6.25. The van der Waals surface area contributed by atoms with Crippen LogP contribution in [0.2, 0.25) is 0 Å². The number of para-hydroxylation sites is 3. The Hall–Kier alpha value is -5.70. The van der Waals surface area contributed by atoms with E-state index in [0.717, 1.165) is 55.9 Å². The van der Waals surface area contributed by atoms with Crippen molar-refractivity contribution >= 4 is 34.4 Å².